The fourth-order valence-electron chi connectivity index (χ4n) is 2.87. The minimum absolute atomic E-state index is 0.0271. The van der Waals surface area contributed by atoms with Crippen LogP contribution in [0.5, 0.6) is 0 Å². The third-order valence-electron chi connectivity index (χ3n) is 4.10. The number of rotatable bonds is 3. The Morgan fingerprint density at radius 1 is 1.30 bits per heavy atom. The topological polar surface area (TPSA) is 67.2 Å². The molecule has 1 aromatic heterocycles. The van der Waals surface area contributed by atoms with Crippen LogP contribution in [0, 0.1) is 13.8 Å². The highest BCUT2D eigenvalue weighted by atomic mass is 16.2. The summed E-state index contributed by atoms with van der Waals surface area (Å²) in [5.41, 5.74) is 3.19. The Labute approximate surface area is 119 Å². The first-order chi connectivity index (χ1) is 9.32. The van der Waals surface area contributed by atoms with Gasteiger partial charge in [-0.2, -0.15) is 5.10 Å². The predicted octanol–water partition coefficient (Wildman–Crippen LogP) is 0.835. The molecule has 1 aromatic rings. The average molecular weight is 278 g/mol. The highest BCUT2D eigenvalue weighted by molar-refractivity contribution is 6.00. The molecule has 1 aliphatic rings. The molecular formula is C14H22N4O2. The van der Waals surface area contributed by atoms with Gasteiger partial charge in [-0.05, 0) is 27.2 Å². The van der Waals surface area contributed by atoms with Gasteiger partial charge in [0.1, 0.15) is 0 Å². The summed E-state index contributed by atoms with van der Waals surface area (Å²) in [4.78, 5) is 24.8. The van der Waals surface area contributed by atoms with Gasteiger partial charge in [0.25, 0.3) is 0 Å². The summed E-state index contributed by atoms with van der Waals surface area (Å²) >= 11 is 0. The van der Waals surface area contributed by atoms with E-state index < -0.39 is 0 Å². The molecule has 20 heavy (non-hydrogen) atoms. The molecule has 1 N–H and O–H groups in total. The van der Waals surface area contributed by atoms with Crippen molar-refractivity contribution in [1.82, 2.24) is 20.0 Å². The summed E-state index contributed by atoms with van der Waals surface area (Å²) in [6.45, 7) is 6.02. The molecule has 2 heterocycles. The van der Waals surface area contributed by atoms with Crippen LogP contribution in [0.15, 0.2) is 0 Å². The molecule has 2 atom stereocenters. The monoisotopic (exact) mass is 278 g/mol. The van der Waals surface area contributed by atoms with Crippen molar-refractivity contribution in [3.8, 4) is 0 Å². The van der Waals surface area contributed by atoms with Gasteiger partial charge >= 0.3 is 0 Å². The largest absolute Gasteiger partial charge is 0.299 e. The summed E-state index contributed by atoms with van der Waals surface area (Å²) in [7, 11) is 3.46. The normalized spacial score (nSPS) is 21.4. The van der Waals surface area contributed by atoms with Crippen molar-refractivity contribution < 1.29 is 9.59 Å². The van der Waals surface area contributed by atoms with Crippen LogP contribution in [0.1, 0.15) is 42.8 Å². The molecule has 110 valence electrons. The number of likely N-dealkylation sites (tertiary alicyclic amines) is 1. The number of nitrogens with one attached hydrogen (secondary N) is 1. The second-order valence-corrected chi connectivity index (χ2v) is 5.48. The summed E-state index contributed by atoms with van der Waals surface area (Å²) in [6, 6.07) is -0.272. The van der Waals surface area contributed by atoms with Crippen molar-refractivity contribution in [1.29, 1.82) is 0 Å². The molecule has 2 amide bonds. The van der Waals surface area contributed by atoms with E-state index in [1.165, 1.54) is 4.90 Å². The van der Waals surface area contributed by atoms with Crippen LogP contribution in [-0.2, 0) is 16.6 Å². The molecule has 1 aliphatic heterocycles. The number of hydrogen-bond donors (Lipinski definition) is 1. The van der Waals surface area contributed by atoms with Crippen molar-refractivity contribution in [3.05, 3.63) is 17.0 Å². The first-order valence-corrected chi connectivity index (χ1v) is 6.89. The third-order valence-corrected chi connectivity index (χ3v) is 4.10. The van der Waals surface area contributed by atoms with Gasteiger partial charge in [0.05, 0.1) is 11.7 Å². The summed E-state index contributed by atoms with van der Waals surface area (Å²) in [5, 5.41) is 7.73. The zero-order valence-electron chi connectivity index (χ0n) is 12.7. The van der Waals surface area contributed by atoms with E-state index in [0.717, 1.165) is 17.0 Å². The van der Waals surface area contributed by atoms with Crippen molar-refractivity contribution >= 4 is 11.8 Å². The number of imide groups is 1. The quantitative estimate of drug-likeness (QED) is 0.832. The van der Waals surface area contributed by atoms with Gasteiger partial charge in [0.15, 0.2) is 0 Å². The number of nitrogens with zero attached hydrogens (tertiary/aromatic N) is 3. The first-order valence-electron chi connectivity index (χ1n) is 6.89. The van der Waals surface area contributed by atoms with Crippen molar-refractivity contribution in [3.63, 3.8) is 0 Å². The van der Waals surface area contributed by atoms with Crippen molar-refractivity contribution in [2.75, 3.05) is 7.05 Å². The van der Waals surface area contributed by atoms with Gasteiger partial charge in [0.2, 0.25) is 11.8 Å². The maximum Gasteiger partial charge on any atom is 0.246 e. The standard InChI is InChI=1S/C14H22N4O2/c1-8(13-9(2)16-18(5)10(13)3)15-11-6-7-12(19)17(4)14(11)20/h8,11,15H,6-7H2,1-5H3. The number of carbonyl (C=O) groups is 2. The molecule has 0 radical (unpaired) electrons. The first kappa shape index (κ1) is 14.7. The fraction of sp³-hybridized carbons (Fsp3) is 0.643. The zero-order valence-corrected chi connectivity index (χ0v) is 12.7. The Bertz CT molecular complexity index is 550. The number of aromatic nitrogens is 2. The number of hydrogen-bond acceptors (Lipinski definition) is 4. The number of likely N-dealkylation sites (N-methyl/N-ethyl adjacent to an activating group) is 1. The predicted molar refractivity (Wildman–Crippen MR) is 75.0 cm³/mol. The molecule has 0 spiro atoms. The summed E-state index contributed by atoms with van der Waals surface area (Å²) in [6.07, 6.45) is 0.975. The minimum atomic E-state index is -0.299. The molecular weight excluding hydrogens is 256 g/mol. The highest BCUT2D eigenvalue weighted by Gasteiger charge is 2.33. The van der Waals surface area contributed by atoms with Crippen LogP contribution in [0.4, 0.5) is 0 Å². The van der Waals surface area contributed by atoms with E-state index in [2.05, 4.69) is 10.4 Å². The van der Waals surface area contributed by atoms with E-state index in [1.54, 1.807) is 7.05 Å². The van der Waals surface area contributed by atoms with Crippen LogP contribution < -0.4 is 5.32 Å². The van der Waals surface area contributed by atoms with Crippen molar-refractivity contribution in [2.24, 2.45) is 7.05 Å². The molecule has 0 aliphatic carbocycles. The molecule has 0 saturated carbocycles. The number of aryl methyl sites for hydroxylation is 2. The lowest BCUT2D eigenvalue weighted by molar-refractivity contribution is -0.148. The van der Waals surface area contributed by atoms with Crippen LogP contribution >= 0.6 is 0 Å². The second-order valence-electron chi connectivity index (χ2n) is 5.48. The Hall–Kier alpha value is -1.69. The van der Waals surface area contributed by atoms with Crippen LogP contribution in [0.25, 0.3) is 0 Å². The van der Waals surface area contributed by atoms with Gasteiger partial charge in [-0.3, -0.25) is 24.5 Å². The Balaban J connectivity index is 2.14. The van der Waals surface area contributed by atoms with E-state index in [1.807, 2.05) is 32.5 Å². The maximum atomic E-state index is 12.1. The summed E-state index contributed by atoms with van der Waals surface area (Å²) < 4.78 is 1.85. The van der Waals surface area contributed by atoms with Crippen LogP contribution in [-0.4, -0.2) is 39.6 Å². The third kappa shape index (κ3) is 2.47. The van der Waals surface area contributed by atoms with Crippen molar-refractivity contribution in [2.45, 2.75) is 45.7 Å². The van der Waals surface area contributed by atoms with E-state index in [-0.39, 0.29) is 23.9 Å². The molecule has 0 bridgehead atoms. The van der Waals surface area contributed by atoms with Crippen LogP contribution in [0.2, 0.25) is 0 Å². The second kappa shape index (κ2) is 5.36. The smallest absolute Gasteiger partial charge is 0.246 e. The molecule has 2 unspecified atom stereocenters. The highest BCUT2D eigenvalue weighted by Crippen LogP contribution is 2.23. The zero-order chi connectivity index (χ0) is 15.0. The number of piperidine rings is 1. The van der Waals surface area contributed by atoms with Crippen LogP contribution in [0.3, 0.4) is 0 Å². The van der Waals surface area contributed by atoms with E-state index in [0.29, 0.717) is 12.8 Å². The minimum Gasteiger partial charge on any atom is -0.299 e. The molecule has 1 fully saturated rings. The van der Waals surface area contributed by atoms with Gasteiger partial charge < -0.3 is 0 Å². The number of carbonyl (C=O) groups excluding carboxylic acids is 2. The van der Waals surface area contributed by atoms with E-state index in [4.69, 9.17) is 0 Å². The SMILES string of the molecule is Cc1nn(C)c(C)c1C(C)NC1CCC(=O)N(C)C1=O. The lowest BCUT2D eigenvalue weighted by Gasteiger charge is -2.30. The van der Waals surface area contributed by atoms with Gasteiger partial charge in [-0.1, -0.05) is 0 Å². The van der Waals surface area contributed by atoms with Gasteiger partial charge in [-0.25, -0.2) is 0 Å². The molecule has 1 saturated heterocycles. The lowest BCUT2D eigenvalue weighted by atomic mass is 10.0. The fourth-order valence-corrected chi connectivity index (χ4v) is 2.87. The average Bonchev–Trinajstić information content (AvgIpc) is 2.64. The Kier molecular flexibility index (Phi) is 3.94. The molecule has 2 rings (SSSR count). The Morgan fingerprint density at radius 2 is 1.95 bits per heavy atom. The molecule has 6 heteroatoms. The van der Waals surface area contributed by atoms with Gasteiger partial charge in [-0.15, -0.1) is 0 Å². The Morgan fingerprint density at radius 3 is 2.50 bits per heavy atom. The maximum absolute atomic E-state index is 12.1. The molecule has 0 aromatic carbocycles. The lowest BCUT2D eigenvalue weighted by Crippen LogP contribution is -2.51. The van der Waals surface area contributed by atoms with Gasteiger partial charge in [0, 0.05) is 37.8 Å². The number of amides is 2. The molecule has 6 nitrogen and oxygen atoms in total. The van der Waals surface area contributed by atoms with E-state index in [9.17, 15) is 9.59 Å². The van der Waals surface area contributed by atoms with E-state index >= 15 is 0 Å². The summed E-state index contributed by atoms with van der Waals surface area (Å²) in [5.74, 6) is -0.248.